The maximum absolute atomic E-state index is 12.1. The molecule has 0 unspecified atom stereocenters. The number of alkyl halides is 3. The normalized spacial score (nSPS) is 12.9. The highest BCUT2D eigenvalue weighted by atomic mass is 35.5. The molecule has 0 amide bonds. The standard InChI is InChI=1S/C10H9ClF3NO/c1-7(4-11)5-15-3-2-8(6-15)9(16)10(12,13)14/h2-4,6H,5H2,1H3/b7-4-. The average Bonchev–Trinajstić information content (AvgIpc) is 2.63. The van der Waals surface area contributed by atoms with Gasteiger partial charge in [-0.15, -0.1) is 0 Å². The molecular weight excluding hydrogens is 243 g/mol. The van der Waals surface area contributed by atoms with Crippen LogP contribution in [0.2, 0.25) is 0 Å². The van der Waals surface area contributed by atoms with Crippen LogP contribution in [-0.4, -0.2) is 16.5 Å². The Bertz CT molecular complexity index is 420. The highest BCUT2D eigenvalue weighted by molar-refractivity contribution is 6.25. The van der Waals surface area contributed by atoms with Crippen molar-refractivity contribution in [3.63, 3.8) is 0 Å². The van der Waals surface area contributed by atoms with Gasteiger partial charge in [0, 0.05) is 30.0 Å². The second kappa shape index (κ2) is 4.74. The molecule has 0 aliphatic carbocycles. The number of Topliss-reactive ketones (excluding diaryl/α,β-unsaturated/α-hetero) is 1. The Hall–Kier alpha value is -1.23. The zero-order valence-electron chi connectivity index (χ0n) is 8.38. The second-order valence-electron chi connectivity index (χ2n) is 3.35. The lowest BCUT2D eigenvalue weighted by atomic mass is 10.2. The number of hydrogen-bond acceptors (Lipinski definition) is 1. The summed E-state index contributed by atoms with van der Waals surface area (Å²) in [4.78, 5) is 10.9. The van der Waals surface area contributed by atoms with Gasteiger partial charge in [0.25, 0.3) is 5.78 Å². The fourth-order valence-corrected chi connectivity index (χ4v) is 1.23. The monoisotopic (exact) mass is 251 g/mol. The predicted molar refractivity (Wildman–Crippen MR) is 54.4 cm³/mol. The van der Waals surface area contributed by atoms with Crippen molar-refractivity contribution in [2.75, 3.05) is 0 Å². The molecule has 0 atom stereocenters. The Kier molecular flexibility index (Phi) is 3.80. The summed E-state index contributed by atoms with van der Waals surface area (Å²) in [6.07, 6.45) is -2.27. The van der Waals surface area contributed by atoms with Crippen molar-refractivity contribution in [3.8, 4) is 0 Å². The van der Waals surface area contributed by atoms with Crippen molar-refractivity contribution in [2.24, 2.45) is 0 Å². The first kappa shape index (κ1) is 12.8. The summed E-state index contributed by atoms with van der Waals surface area (Å²) in [7, 11) is 0. The number of hydrogen-bond donors (Lipinski definition) is 0. The maximum Gasteiger partial charge on any atom is 0.454 e. The summed E-state index contributed by atoms with van der Waals surface area (Å²) in [5, 5.41) is 0. The smallest absolute Gasteiger partial charge is 0.349 e. The van der Waals surface area contributed by atoms with Gasteiger partial charge in [0.15, 0.2) is 0 Å². The zero-order chi connectivity index (χ0) is 12.3. The first-order chi connectivity index (χ1) is 7.34. The molecule has 1 aromatic heterocycles. The molecule has 0 fully saturated rings. The average molecular weight is 252 g/mol. The molecule has 0 saturated carbocycles. The van der Waals surface area contributed by atoms with Crippen LogP contribution >= 0.6 is 11.6 Å². The van der Waals surface area contributed by atoms with Crippen LogP contribution in [0.25, 0.3) is 0 Å². The summed E-state index contributed by atoms with van der Waals surface area (Å²) in [6, 6.07) is 1.14. The minimum Gasteiger partial charge on any atom is -0.349 e. The fourth-order valence-electron chi connectivity index (χ4n) is 1.16. The molecule has 0 aliphatic heterocycles. The van der Waals surface area contributed by atoms with Gasteiger partial charge in [-0.05, 0) is 18.6 Å². The Morgan fingerprint density at radius 3 is 2.69 bits per heavy atom. The molecule has 0 saturated heterocycles. The van der Waals surface area contributed by atoms with Gasteiger partial charge in [0.2, 0.25) is 0 Å². The number of rotatable bonds is 3. The van der Waals surface area contributed by atoms with Gasteiger partial charge in [-0.1, -0.05) is 11.6 Å². The van der Waals surface area contributed by atoms with E-state index in [9.17, 15) is 18.0 Å². The van der Waals surface area contributed by atoms with E-state index in [2.05, 4.69) is 0 Å². The number of allylic oxidation sites excluding steroid dienone is 1. The molecule has 0 spiro atoms. The number of nitrogens with zero attached hydrogens (tertiary/aromatic N) is 1. The van der Waals surface area contributed by atoms with Crippen LogP contribution in [0.1, 0.15) is 17.3 Å². The van der Waals surface area contributed by atoms with Crippen molar-refractivity contribution in [1.29, 1.82) is 0 Å². The zero-order valence-corrected chi connectivity index (χ0v) is 9.14. The summed E-state index contributed by atoms with van der Waals surface area (Å²) in [5.74, 6) is -1.83. The lowest BCUT2D eigenvalue weighted by Crippen LogP contribution is -2.22. The highest BCUT2D eigenvalue weighted by Crippen LogP contribution is 2.21. The first-order valence-corrected chi connectivity index (χ1v) is 4.81. The highest BCUT2D eigenvalue weighted by Gasteiger charge is 2.39. The van der Waals surface area contributed by atoms with Gasteiger partial charge in [0.05, 0.1) is 0 Å². The van der Waals surface area contributed by atoms with E-state index in [1.807, 2.05) is 0 Å². The third-order valence-corrected chi connectivity index (χ3v) is 2.26. The molecule has 0 bridgehead atoms. The molecule has 0 aromatic carbocycles. The molecule has 6 heteroatoms. The lowest BCUT2D eigenvalue weighted by Gasteiger charge is -2.03. The van der Waals surface area contributed by atoms with Crippen molar-refractivity contribution in [3.05, 3.63) is 35.1 Å². The summed E-state index contributed by atoms with van der Waals surface area (Å²) in [6.45, 7) is 2.09. The topological polar surface area (TPSA) is 22.0 Å². The third kappa shape index (κ3) is 3.13. The van der Waals surface area contributed by atoms with Gasteiger partial charge < -0.3 is 4.57 Å². The van der Waals surface area contributed by atoms with Gasteiger partial charge in [-0.3, -0.25) is 4.79 Å². The molecule has 0 N–H and O–H groups in total. The van der Waals surface area contributed by atoms with Crippen LogP contribution in [0.4, 0.5) is 13.2 Å². The predicted octanol–water partition coefficient (Wildman–Crippen LogP) is 3.38. The molecule has 0 aliphatic rings. The molecule has 88 valence electrons. The minimum atomic E-state index is -4.83. The Balaban J connectivity index is 2.84. The second-order valence-corrected chi connectivity index (χ2v) is 3.57. The fraction of sp³-hybridized carbons (Fsp3) is 0.300. The van der Waals surface area contributed by atoms with Crippen LogP contribution in [-0.2, 0) is 6.54 Å². The van der Waals surface area contributed by atoms with Crippen LogP contribution in [0.15, 0.2) is 29.6 Å². The van der Waals surface area contributed by atoms with Crippen LogP contribution in [0.5, 0.6) is 0 Å². The number of halogens is 4. The molecule has 1 heterocycles. The van der Waals surface area contributed by atoms with Crippen molar-refractivity contribution in [1.82, 2.24) is 4.57 Å². The van der Waals surface area contributed by atoms with Gasteiger partial charge in [-0.25, -0.2) is 0 Å². The van der Waals surface area contributed by atoms with E-state index in [4.69, 9.17) is 11.6 Å². The summed E-state index contributed by atoms with van der Waals surface area (Å²) < 4.78 is 37.7. The number of carbonyl (C=O) groups excluding carboxylic acids is 1. The maximum atomic E-state index is 12.1. The van der Waals surface area contributed by atoms with Crippen LogP contribution in [0.3, 0.4) is 0 Å². The van der Waals surface area contributed by atoms with Crippen molar-refractivity contribution < 1.29 is 18.0 Å². The van der Waals surface area contributed by atoms with Gasteiger partial charge >= 0.3 is 6.18 Å². The summed E-state index contributed by atoms with van der Waals surface area (Å²) >= 11 is 5.42. The van der Waals surface area contributed by atoms with Crippen LogP contribution < -0.4 is 0 Å². The molecule has 1 aromatic rings. The Morgan fingerprint density at radius 2 is 2.19 bits per heavy atom. The SMILES string of the molecule is C/C(=C/Cl)Cn1ccc(C(=O)C(F)(F)F)c1. The van der Waals surface area contributed by atoms with E-state index in [1.54, 1.807) is 6.92 Å². The van der Waals surface area contributed by atoms with E-state index in [1.165, 1.54) is 16.3 Å². The molecular formula is C10H9ClF3NO. The third-order valence-electron chi connectivity index (χ3n) is 1.89. The van der Waals surface area contributed by atoms with E-state index in [-0.39, 0.29) is 5.56 Å². The van der Waals surface area contributed by atoms with Crippen LogP contribution in [0, 0.1) is 0 Å². The molecule has 0 radical (unpaired) electrons. The van der Waals surface area contributed by atoms with Gasteiger partial charge in [-0.2, -0.15) is 13.2 Å². The minimum absolute atomic E-state index is 0.356. The first-order valence-electron chi connectivity index (χ1n) is 4.37. The number of aromatic nitrogens is 1. The van der Waals surface area contributed by atoms with Crippen molar-refractivity contribution in [2.45, 2.75) is 19.6 Å². The quantitative estimate of drug-likeness (QED) is 0.755. The molecule has 1 rings (SSSR count). The Morgan fingerprint density at radius 1 is 1.56 bits per heavy atom. The number of ketones is 1. The van der Waals surface area contributed by atoms with E-state index < -0.39 is 12.0 Å². The van der Waals surface area contributed by atoms with Gasteiger partial charge in [0.1, 0.15) is 0 Å². The van der Waals surface area contributed by atoms with E-state index >= 15 is 0 Å². The Labute approximate surface area is 95.3 Å². The number of carbonyl (C=O) groups is 1. The summed E-state index contributed by atoms with van der Waals surface area (Å²) in [5.41, 5.74) is 1.75. The van der Waals surface area contributed by atoms with E-state index in [0.717, 1.165) is 17.8 Å². The van der Waals surface area contributed by atoms with E-state index in [0.29, 0.717) is 6.54 Å². The molecule has 2 nitrogen and oxygen atoms in total. The van der Waals surface area contributed by atoms with Crippen molar-refractivity contribution >= 4 is 17.4 Å². The largest absolute Gasteiger partial charge is 0.454 e. The molecule has 16 heavy (non-hydrogen) atoms. The lowest BCUT2D eigenvalue weighted by molar-refractivity contribution is -0.0885.